The summed E-state index contributed by atoms with van der Waals surface area (Å²) in [5, 5.41) is 0. The van der Waals surface area contributed by atoms with E-state index in [0.29, 0.717) is 38.5 Å². The third-order valence-electron chi connectivity index (χ3n) is 5.66. The molecule has 3 rings (SSSR count). The molecule has 0 radical (unpaired) electrons. The first-order valence-electron chi connectivity index (χ1n) is 10.6. The van der Waals surface area contributed by atoms with Gasteiger partial charge < -0.3 is 14.5 Å². The van der Waals surface area contributed by atoms with Crippen LogP contribution in [-0.2, 0) is 14.8 Å². The van der Waals surface area contributed by atoms with E-state index >= 15 is 0 Å². The summed E-state index contributed by atoms with van der Waals surface area (Å²) in [4.78, 5) is 17.0. The van der Waals surface area contributed by atoms with Gasteiger partial charge in [-0.2, -0.15) is 4.72 Å². The van der Waals surface area contributed by atoms with E-state index in [4.69, 9.17) is 4.74 Å². The molecule has 1 amide bonds. The highest BCUT2D eigenvalue weighted by molar-refractivity contribution is 7.89. The molecular formula is C23H31N3O4S. The SMILES string of the molecule is CCOc1ccc(S(=O)(=O)N[C@H](C)C(=O)N2CCN(c3cccc(C)c3C)CC2)cc1. The molecule has 1 aliphatic heterocycles. The normalized spacial score (nSPS) is 15.6. The molecule has 1 atom stereocenters. The number of sulfonamides is 1. The predicted molar refractivity (Wildman–Crippen MR) is 122 cm³/mol. The molecule has 1 heterocycles. The molecule has 0 aliphatic carbocycles. The van der Waals surface area contributed by atoms with E-state index in [2.05, 4.69) is 35.6 Å². The average molecular weight is 446 g/mol. The Bertz CT molecular complexity index is 1010. The Morgan fingerprint density at radius 1 is 1.06 bits per heavy atom. The van der Waals surface area contributed by atoms with Crippen LogP contribution < -0.4 is 14.4 Å². The molecule has 7 nitrogen and oxygen atoms in total. The summed E-state index contributed by atoms with van der Waals surface area (Å²) in [6, 6.07) is 11.6. The van der Waals surface area contributed by atoms with Crippen molar-refractivity contribution in [2.45, 2.75) is 38.6 Å². The van der Waals surface area contributed by atoms with Crippen LogP contribution in [-0.4, -0.2) is 58.1 Å². The maximum absolute atomic E-state index is 12.9. The van der Waals surface area contributed by atoms with Crippen molar-refractivity contribution in [1.82, 2.24) is 9.62 Å². The Kier molecular flexibility index (Phi) is 7.23. The highest BCUT2D eigenvalue weighted by atomic mass is 32.2. The van der Waals surface area contributed by atoms with Crippen LogP contribution in [0.5, 0.6) is 5.75 Å². The molecule has 0 aromatic heterocycles. The number of ether oxygens (including phenoxy) is 1. The van der Waals surface area contributed by atoms with Crippen molar-refractivity contribution < 1.29 is 17.9 Å². The largest absolute Gasteiger partial charge is 0.494 e. The van der Waals surface area contributed by atoms with Gasteiger partial charge in [0.25, 0.3) is 0 Å². The van der Waals surface area contributed by atoms with Crippen LogP contribution in [0.4, 0.5) is 5.69 Å². The number of anilines is 1. The number of carbonyl (C=O) groups excluding carboxylic acids is 1. The minimum absolute atomic E-state index is 0.107. The molecule has 2 aromatic rings. The number of amides is 1. The monoisotopic (exact) mass is 445 g/mol. The molecule has 168 valence electrons. The van der Waals surface area contributed by atoms with Gasteiger partial charge in [-0.3, -0.25) is 4.79 Å². The Morgan fingerprint density at radius 3 is 2.32 bits per heavy atom. The lowest BCUT2D eigenvalue weighted by atomic mass is 10.1. The third-order valence-corrected chi connectivity index (χ3v) is 7.21. The fourth-order valence-corrected chi connectivity index (χ4v) is 4.95. The maximum Gasteiger partial charge on any atom is 0.241 e. The number of hydrogen-bond acceptors (Lipinski definition) is 5. The molecule has 0 bridgehead atoms. The van der Waals surface area contributed by atoms with Crippen LogP contribution in [0.1, 0.15) is 25.0 Å². The zero-order chi connectivity index (χ0) is 22.6. The Labute approximate surface area is 185 Å². The summed E-state index contributed by atoms with van der Waals surface area (Å²) in [5.41, 5.74) is 3.68. The van der Waals surface area contributed by atoms with Crippen LogP contribution in [0.2, 0.25) is 0 Å². The second-order valence-electron chi connectivity index (χ2n) is 7.78. The molecular weight excluding hydrogens is 414 g/mol. The van der Waals surface area contributed by atoms with E-state index in [-0.39, 0.29) is 10.8 Å². The van der Waals surface area contributed by atoms with E-state index in [1.54, 1.807) is 24.0 Å². The summed E-state index contributed by atoms with van der Waals surface area (Å²) < 4.78 is 33.2. The molecule has 1 aliphatic rings. The highest BCUT2D eigenvalue weighted by Gasteiger charge is 2.28. The Hall–Kier alpha value is -2.58. The number of nitrogens with zero attached hydrogens (tertiary/aromatic N) is 2. The van der Waals surface area contributed by atoms with Crippen LogP contribution >= 0.6 is 0 Å². The van der Waals surface area contributed by atoms with Gasteiger partial charge in [-0.15, -0.1) is 0 Å². The summed E-state index contributed by atoms with van der Waals surface area (Å²) in [7, 11) is -3.80. The standard InChI is InChI=1S/C23H31N3O4S/c1-5-30-20-9-11-21(12-10-20)31(28,29)24-19(4)23(27)26-15-13-25(14-16-26)22-8-6-7-17(2)18(22)3/h6-12,19,24H,5,13-16H2,1-4H3/t19-/m1/s1. The smallest absolute Gasteiger partial charge is 0.241 e. The van der Waals surface area contributed by atoms with E-state index in [1.807, 2.05) is 13.0 Å². The average Bonchev–Trinajstić information content (AvgIpc) is 2.75. The number of carbonyl (C=O) groups is 1. The van der Waals surface area contributed by atoms with Crippen molar-refractivity contribution in [3.05, 3.63) is 53.6 Å². The topological polar surface area (TPSA) is 78.9 Å². The minimum Gasteiger partial charge on any atom is -0.494 e. The zero-order valence-electron chi connectivity index (χ0n) is 18.6. The lowest BCUT2D eigenvalue weighted by Crippen LogP contribution is -2.54. The van der Waals surface area contributed by atoms with Crippen molar-refractivity contribution >= 4 is 21.6 Å². The van der Waals surface area contributed by atoms with Crippen molar-refractivity contribution in [1.29, 1.82) is 0 Å². The molecule has 1 saturated heterocycles. The van der Waals surface area contributed by atoms with Gasteiger partial charge in [0.15, 0.2) is 0 Å². The van der Waals surface area contributed by atoms with Gasteiger partial charge in [-0.25, -0.2) is 8.42 Å². The number of nitrogens with one attached hydrogen (secondary N) is 1. The van der Waals surface area contributed by atoms with Crippen molar-refractivity contribution in [2.75, 3.05) is 37.7 Å². The molecule has 0 spiro atoms. The molecule has 31 heavy (non-hydrogen) atoms. The fraction of sp³-hybridized carbons (Fsp3) is 0.435. The quantitative estimate of drug-likeness (QED) is 0.709. The second kappa shape index (κ2) is 9.70. The molecule has 2 aromatic carbocycles. The maximum atomic E-state index is 12.9. The lowest BCUT2D eigenvalue weighted by molar-refractivity contribution is -0.132. The van der Waals surface area contributed by atoms with Crippen LogP contribution in [0.15, 0.2) is 47.4 Å². The lowest BCUT2D eigenvalue weighted by Gasteiger charge is -2.38. The summed E-state index contributed by atoms with van der Waals surface area (Å²) in [6.07, 6.45) is 0. The van der Waals surface area contributed by atoms with Crippen LogP contribution in [0, 0.1) is 13.8 Å². The fourth-order valence-electron chi connectivity index (χ4n) is 3.75. The first kappa shape index (κ1) is 23.1. The van der Waals surface area contributed by atoms with Gasteiger partial charge in [-0.1, -0.05) is 12.1 Å². The summed E-state index contributed by atoms with van der Waals surface area (Å²) in [5.74, 6) is 0.391. The zero-order valence-corrected chi connectivity index (χ0v) is 19.4. The molecule has 1 N–H and O–H groups in total. The molecule has 8 heteroatoms. The van der Waals surface area contributed by atoms with E-state index in [1.165, 1.54) is 28.9 Å². The molecule has 0 saturated carbocycles. The van der Waals surface area contributed by atoms with Crippen molar-refractivity contribution in [2.24, 2.45) is 0 Å². The van der Waals surface area contributed by atoms with Crippen molar-refractivity contribution in [3.8, 4) is 5.75 Å². The van der Waals surface area contributed by atoms with Crippen LogP contribution in [0.25, 0.3) is 0 Å². The van der Waals surface area contributed by atoms with E-state index < -0.39 is 16.1 Å². The molecule has 1 fully saturated rings. The van der Waals surface area contributed by atoms with Gasteiger partial charge in [0, 0.05) is 31.9 Å². The number of hydrogen-bond donors (Lipinski definition) is 1. The van der Waals surface area contributed by atoms with E-state index in [0.717, 1.165) is 0 Å². The first-order chi connectivity index (χ1) is 14.7. The van der Waals surface area contributed by atoms with Gasteiger partial charge in [0.1, 0.15) is 5.75 Å². The predicted octanol–water partition coefficient (Wildman–Crippen LogP) is 2.72. The minimum atomic E-state index is -3.80. The summed E-state index contributed by atoms with van der Waals surface area (Å²) >= 11 is 0. The first-order valence-corrected chi connectivity index (χ1v) is 12.1. The van der Waals surface area contributed by atoms with Crippen molar-refractivity contribution in [3.63, 3.8) is 0 Å². The summed E-state index contributed by atoms with van der Waals surface area (Å²) in [6.45, 7) is 10.7. The van der Waals surface area contributed by atoms with E-state index in [9.17, 15) is 13.2 Å². The van der Waals surface area contributed by atoms with Gasteiger partial charge >= 0.3 is 0 Å². The Balaban J connectivity index is 1.59. The third kappa shape index (κ3) is 5.37. The van der Waals surface area contributed by atoms with Gasteiger partial charge in [0.2, 0.25) is 15.9 Å². The number of piperazine rings is 1. The highest BCUT2D eigenvalue weighted by Crippen LogP contribution is 2.24. The number of aryl methyl sites for hydroxylation is 1. The molecule has 0 unspecified atom stereocenters. The van der Waals surface area contributed by atoms with Gasteiger partial charge in [0.05, 0.1) is 17.5 Å². The number of rotatable bonds is 7. The number of benzene rings is 2. The second-order valence-corrected chi connectivity index (χ2v) is 9.49. The van der Waals surface area contributed by atoms with Gasteiger partial charge in [-0.05, 0) is 69.2 Å². The Morgan fingerprint density at radius 2 is 1.71 bits per heavy atom. The van der Waals surface area contributed by atoms with Crippen LogP contribution in [0.3, 0.4) is 0 Å².